The van der Waals surface area contributed by atoms with Gasteiger partial charge in [-0.1, -0.05) is 39.8 Å². The predicted molar refractivity (Wildman–Crippen MR) is 120 cm³/mol. The Labute approximate surface area is 182 Å². The van der Waals surface area contributed by atoms with Gasteiger partial charge in [0.1, 0.15) is 5.75 Å². The molecule has 6 nitrogen and oxygen atoms in total. The summed E-state index contributed by atoms with van der Waals surface area (Å²) in [6.45, 7) is 0. The van der Waals surface area contributed by atoms with Gasteiger partial charge in [-0.3, -0.25) is 4.79 Å². The number of hydrogen-bond donors (Lipinski definition) is 0. The number of aliphatic imine (C=N–C) groups is 1. The first-order valence-corrected chi connectivity index (χ1v) is 12.5. The second-order valence-electron chi connectivity index (χ2n) is 6.96. The van der Waals surface area contributed by atoms with Crippen LogP contribution in [0, 0.1) is 0 Å². The molecule has 0 bridgehead atoms. The van der Waals surface area contributed by atoms with Crippen molar-refractivity contribution in [3.05, 3.63) is 58.6 Å². The minimum absolute atomic E-state index is 0.0758. The first-order valence-electron chi connectivity index (χ1n) is 9.01. The van der Waals surface area contributed by atoms with Gasteiger partial charge >= 0.3 is 0 Å². The Balaban J connectivity index is 1.60. The number of ether oxygens (including phenoxy) is 1. The zero-order valence-corrected chi connectivity index (χ0v) is 18.8. The second-order valence-corrected chi connectivity index (χ2v) is 11.2. The van der Waals surface area contributed by atoms with Gasteiger partial charge < -0.3 is 9.64 Å². The molecule has 2 aromatic carbocycles. The average Bonchev–Trinajstić information content (AvgIpc) is 3.14. The molecule has 0 radical (unpaired) electrons. The highest BCUT2D eigenvalue weighted by Crippen LogP contribution is 2.41. The van der Waals surface area contributed by atoms with Crippen LogP contribution >= 0.6 is 27.7 Å². The molecule has 0 N–H and O–H groups in total. The van der Waals surface area contributed by atoms with E-state index in [9.17, 15) is 13.2 Å². The van der Waals surface area contributed by atoms with Crippen molar-refractivity contribution in [1.29, 1.82) is 0 Å². The van der Waals surface area contributed by atoms with Crippen LogP contribution in [0.25, 0.3) is 0 Å². The number of carbonyl (C=O) groups excluding carboxylic acids is 1. The Morgan fingerprint density at radius 3 is 2.52 bits per heavy atom. The number of amides is 1. The number of hydrogen-bond acceptors (Lipinski definition) is 5. The zero-order chi connectivity index (χ0) is 20.6. The van der Waals surface area contributed by atoms with E-state index < -0.39 is 9.84 Å². The number of fused-ring (bicyclic) bond motifs is 1. The van der Waals surface area contributed by atoms with Crippen molar-refractivity contribution in [2.24, 2.45) is 4.99 Å². The van der Waals surface area contributed by atoms with E-state index in [-0.39, 0.29) is 35.1 Å². The molecule has 2 aromatic rings. The number of carbonyl (C=O) groups is 1. The van der Waals surface area contributed by atoms with Crippen molar-refractivity contribution >= 4 is 54.3 Å². The lowest BCUT2D eigenvalue weighted by molar-refractivity contribution is -0.117. The predicted octanol–water partition coefficient (Wildman–Crippen LogP) is 3.30. The maximum atomic E-state index is 12.6. The number of nitrogens with zero attached hydrogens (tertiary/aromatic N) is 2. The summed E-state index contributed by atoms with van der Waals surface area (Å²) in [5.41, 5.74) is 1.68. The van der Waals surface area contributed by atoms with Crippen LogP contribution in [0.15, 0.2) is 58.0 Å². The Kier molecular flexibility index (Phi) is 5.72. The van der Waals surface area contributed by atoms with Crippen LogP contribution < -0.4 is 9.64 Å². The van der Waals surface area contributed by atoms with E-state index >= 15 is 0 Å². The molecule has 1 amide bonds. The largest absolute Gasteiger partial charge is 0.497 e. The molecule has 2 saturated heterocycles. The Hall–Kier alpha value is -1.84. The number of thioether (sulfide) groups is 1. The molecule has 0 aromatic heterocycles. The number of rotatable bonds is 4. The lowest BCUT2D eigenvalue weighted by Crippen LogP contribution is -2.37. The van der Waals surface area contributed by atoms with E-state index in [0.29, 0.717) is 5.17 Å². The summed E-state index contributed by atoms with van der Waals surface area (Å²) in [6, 6.07) is 14.7. The number of halogens is 1. The van der Waals surface area contributed by atoms with E-state index in [1.807, 2.05) is 53.4 Å². The summed E-state index contributed by atoms with van der Waals surface area (Å²) in [7, 11) is -1.49. The third kappa shape index (κ3) is 4.51. The van der Waals surface area contributed by atoms with Gasteiger partial charge in [-0.2, -0.15) is 4.99 Å². The summed E-state index contributed by atoms with van der Waals surface area (Å²) in [4.78, 5) is 18.9. The van der Waals surface area contributed by atoms with E-state index in [1.54, 1.807) is 7.11 Å². The lowest BCUT2D eigenvalue weighted by atomic mass is 10.1. The van der Waals surface area contributed by atoms with E-state index in [4.69, 9.17) is 4.74 Å². The number of amidine groups is 1. The van der Waals surface area contributed by atoms with Crippen molar-refractivity contribution in [3.63, 3.8) is 0 Å². The van der Waals surface area contributed by atoms with Crippen LogP contribution in [-0.4, -0.2) is 49.4 Å². The monoisotopic (exact) mass is 494 g/mol. The summed E-state index contributed by atoms with van der Waals surface area (Å²) < 4.78 is 30.3. The minimum Gasteiger partial charge on any atom is -0.497 e. The number of sulfone groups is 1. The van der Waals surface area contributed by atoms with E-state index in [0.717, 1.165) is 21.5 Å². The zero-order valence-electron chi connectivity index (χ0n) is 15.6. The van der Waals surface area contributed by atoms with Gasteiger partial charge in [0.2, 0.25) is 0 Å². The highest BCUT2D eigenvalue weighted by Gasteiger charge is 2.49. The fourth-order valence-corrected chi connectivity index (χ4v) is 7.73. The Morgan fingerprint density at radius 2 is 1.86 bits per heavy atom. The maximum absolute atomic E-state index is 12.6. The molecular weight excluding hydrogens is 476 g/mol. The van der Waals surface area contributed by atoms with E-state index in [2.05, 4.69) is 20.9 Å². The van der Waals surface area contributed by atoms with Crippen LogP contribution in [0.5, 0.6) is 5.75 Å². The second kappa shape index (κ2) is 8.12. The van der Waals surface area contributed by atoms with Crippen LogP contribution in [-0.2, 0) is 21.1 Å². The Morgan fingerprint density at radius 1 is 1.17 bits per heavy atom. The van der Waals surface area contributed by atoms with Crippen LogP contribution in [0.2, 0.25) is 0 Å². The van der Waals surface area contributed by atoms with Crippen molar-refractivity contribution in [2.75, 3.05) is 23.5 Å². The molecule has 4 rings (SSSR count). The number of anilines is 1. The van der Waals surface area contributed by atoms with Gasteiger partial charge in [0.25, 0.3) is 5.91 Å². The fourth-order valence-electron chi connectivity index (χ4n) is 3.53. The molecular formula is C20H19BrN2O4S2. The lowest BCUT2D eigenvalue weighted by Gasteiger charge is -2.24. The number of benzene rings is 2. The average molecular weight is 495 g/mol. The molecule has 2 atom stereocenters. The summed E-state index contributed by atoms with van der Waals surface area (Å²) >= 11 is 4.80. The third-order valence-corrected chi connectivity index (χ3v) is 8.64. The summed E-state index contributed by atoms with van der Waals surface area (Å²) in [5.74, 6) is 0.657. The topological polar surface area (TPSA) is 76.0 Å². The van der Waals surface area contributed by atoms with Crippen LogP contribution in [0.4, 0.5) is 5.69 Å². The van der Waals surface area contributed by atoms with Gasteiger partial charge in [-0.15, -0.1) is 0 Å². The standard InChI is InChI=1S/C20H19BrN2O4S2/c1-27-16-8-2-13(3-9-16)10-19(24)22-20-23(15-6-4-14(21)5-7-15)17-11-29(25,26)12-18(17)28-20/h2-9,17-18H,10-12H2,1H3/t17-,18-/m1/s1. The van der Waals surface area contributed by atoms with Crippen molar-refractivity contribution in [2.45, 2.75) is 17.7 Å². The highest BCUT2D eigenvalue weighted by molar-refractivity contribution is 9.10. The molecule has 0 unspecified atom stereocenters. The fraction of sp³-hybridized carbons (Fsp3) is 0.300. The molecule has 29 heavy (non-hydrogen) atoms. The van der Waals surface area contributed by atoms with Gasteiger partial charge in [0.05, 0.1) is 31.1 Å². The quantitative estimate of drug-likeness (QED) is 0.648. The normalized spacial score (nSPS) is 23.9. The van der Waals surface area contributed by atoms with Gasteiger partial charge in [-0.25, -0.2) is 8.42 Å². The van der Waals surface area contributed by atoms with Crippen LogP contribution in [0.3, 0.4) is 0 Å². The molecule has 0 aliphatic carbocycles. The van der Waals surface area contributed by atoms with Crippen molar-refractivity contribution in [1.82, 2.24) is 0 Å². The molecule has 0 saturated carbocycles. The number of methoxy groups -OCH3 is 1. The van der Waals surface area contributed by atoms with Gasteiger partial charge in [0.15, 0.2) is 15.0 Å². The smallest absolute Gasteiger partial charge is 0.252 e. The Bertz CT molecular complexity index is 1050. The summed E-state index contributed by atoms with van der Waals surface area (Å²) in [5, 5.41) is 0.451. The molecule has 0 spiro atoms. The maximum Gasteiger partial charge on any atom is 0.252 e. The van der Waals surface area contributed by atoms with E-state index in [1.165, 1.54) is 11.8 Å². The van der Waals surface area contributed by atoms with Crippen molar-refractivity contribution < 1.29 is 17.9 Å². The SMILES string of the molecule is COc1ccc(CC(=O)N=C2S[C@@H]3CS(=O)(=O)C[C@H]3N2c2ccc(Br)cc2)cc1. The summed E-state index contributed by atoms with van der Waals surface area (Å²) in [6.07, 6.45) is 0.176. The molecule has 2 fully saturated rings. The third-order valence-electron chi connectivity index (χ3n) is 4.91. The van der Waals surface area contributed by atoms with Gasteiger partial charge in [-0.05, 0) is 42.0 Å². The van der Waals surface area contributed by atoms with Gasteiger partial charge in [0, 0.05) is 15.4 Å². The molecule has 9 heteroatoms. The first kappa shape index (κ1) is 20.4. The van der Waals surface area contributed by atoms with Crippen LogP contribution in [0.1, 0.15) is 5.56 Å². The molecule has 2 aliphatic heterocycles. The molecule has 152 valence electrons. The van der Waals surface area contributed by atoms with Crippen molar-refractivity contribution in [3.8, 4) is 5.75 Å². The highest BCUT2D eigenvalue weighted by atomic mass is 79.9. The minimum atomic E-state index is -3.09. The molecule has 2 heterocycles. The molecule has 2 aliphatic rings. The first-order chi connectivity index (χ1) is 13.8.